The number of alkyl halides is 3. The van der Waals surface area contributed by atoms with Gasteiger partial charge in [0.25, 0.3) is 0 Å². The van der Waals surface area contributed by atoms with Gasteiger partial charge < -0.3 is 4.55 Å². The Hall–Kier alpha value is -0.0600. The maximum Gasteiger partial charge on any atom is 1.00 e. The minimum atomic E-state index is -4.88. The molecule has 17 heavy (non-hydrogen) atoms. The number of aromatic nitrogens is 1. The number of nitrogens with zero attached hydrogens (tertiary/aromatic N) is 1. The zero-order valence-electron chi connectivity index (χ0n) is 8.25. The van der Waals surface area contributed by atoms with Gasteiger partial charge in [0.1, 0.15) is 0 Å². The van der Waals surface area contributed by atoms with E-state index in [0.717, 1.165) is 0 Å². The van der Waals surface area contributed by atoms with Crippen molar-refractivity contribution < 1.29 is 55.7 Å². The van der Waals surface area contributed by atoms with Crippen LogP contribution >= 0.6 is 11.6 Å². The summed E-state index contributed by atoms with van der Waals surface area (Å²) in [7, 11) is -4.88. The predicted octanol–water partition coefficient (Wildman–Crippen LogP) is -1.37. The monoisotopic (exact) mass is 298 g/mol. The van der Waals surface area contributed by atoms with Crippen molar-refractivity contribution in [2.75, 3.05) is 4.72 Å². The number of halogens is 4. The van der Waals surface area contributed by atoms with Gasteiger partial charge in [-0.1, -0.05) is 11.6 Å². The van der Waals surface area contributed by atoms with E-state index in [1.807, 2.05) is 0 Å². The van der Waals surface area contributed by atoms with Crippen LogP contribution < -0.4 is 34.3 Å². The largest absolute Gasteiger partial charge is 1.00 e. The fourth-order valence-electron chi connectivity index (χ4n) is 0.786. The molecule has 0 unspecified atom stereocenters. The van der Waals surface area contributed by atoms with Crippen molar-refractivity contribution in [1.82, 2.24) is 4.98 Å². The van der Waals surface area contributed by atoms with Crippen molar-refractivity contribution in [2.24, 2.45) is 0 Å². The van der Waals surface area contributed by atoms with E-state index in [0.29, 0.717) is 12.3 Å². The molecule has 0 atom stereocenters. The summed E-state index contributed by atoms with van der Waals surface area (Å²) >= 11 is 5.31. The standard InChI is InChI=1S/C6H4ClF3N2O3S.Na/c7-4-1-3(6(8,9)10)2-11-5(4)12-16(13,14)15;/h1-2H,(H,11,12)(H,13,14,15);/q;+1/p-1. The van der Waals surface area contributed by atoms with E-state index in [9.17, 15) is 26.1 Å². The molecule has 0 aromatic carbocycles. The van der Waals surface area contributed by atoms with E-state index in [1.165, 1.54) is 4.72 Å². The predicted molar refractivity (Wildman–Crippen MR) is 47.6 cm³/mol. The zero-order chi connectivity index (χ0) is 12.6. The van der Waals surface area contributed by atoms with E-state index in [1.54, 1.807) is 0 Å². The van der Waals surface area contributed by atoms with Crippen molar-refractivity contribution in [3.8, 4) is 0 Å². The van der Waals surface area contributed by atoms with Crippen LogP contribution in [-0.4, -0.2) is 18.0 Å². The van der Waals surface area contributed by atoms with Gasteiger partial charge in [0, 0.05) is 6.20 Å². The Morgan fingerprint density at radius 1 is 1.41 bits per heavy atom. The summed E-state index contributed by atoms with van der Waals surface area (Å²) in [5, 5.41) is -0.616. The van der Waals surface area contributed by atoms with E-state index < -0.39 is 32.9 Å². The maximum atomic E-state index is 12.1. The van der Waals surface area contributed by atoms with Gasteiger partial charge in [-0.2, -0.15) is 13.2 Å². The third-order valence-corrected chi connectivity index (χ3v) is 2.12. The van der Waals surface area contributed by atoms with Gasteiger partial charge in [-0.05, 0) is 6.07 Å². The average Bonchev–Trinajstić information content (AvgIpc) is 2.04. The zero-order valence-corrected chi connectivity index (χ0v) is 11.8. The molecule has 1 aromatic heterocycles. The Morgan fingerprint density at radius 2 is 1.94 bits per heavy atom. The number of rotatable bonds is 2. The minimum absolute atomic E-state index is 0. The Labute approximate surface area is 122 Å². The van der Waals surface area contributed by atoms with Crippen LogP contribution in [0.25, 0.3) is 0 Å². The molecule has 90 valence electrons. The first-order valence-electron chi connectivity index (χ1n) is 3.56. The van der Waals surface area contributed by atoms with Crippen molar-refractivity contribution in [3.05, 3.63) is 22.8 Å². The molecule has 0 radical (unpaired) electrons. The molecule has 0 fully saturated rings. The first kappa shape index (κ1) is 16.9. The molecule has 1 aromatic rings. The van der Waals surface area contributed by atoms with Gasteiger partial charge in [0.2, 0.25) is 0 Å². The van der Waals surface area contributed by atoms with Gasteiger partial charge in [-0.15, -0.1) is 0 Å². The van der Waals surface area contributed by atoms with Gasteiger partial charge in [-0.25, -0.2) is 13.4 Å². The smallest absolute Gasteiger partial charge is 0.731 e. The summed E-state index contributed by atoms with van der Waals surface area (Å²) in [5.74, 6) is -0.648. The minimum Gasteiger partial charge on any atom is -0.731 e. The summed E-state index contributed by atoms with van der Waals surface area (Å²) in [6, 6.07) is 0.460. The third kappa shape index (κ3) is 5.40. The number of pyridine rings is 1. The van der Waals surface area contributed by atoms with Crippen molar-refractivity contribution in [2.45, 2.75) is 6.18 Å². The molecule has 5 nitrogen and oxygen atoms in total. The van der Waals surface area contributed by atoms with Crippen LogP contribution in [0.2, 0.25) is 5.02 Å². The molecule has 0 aliphatic rings. The molecular weight excluding hydrogens is 296 g/mol. The van der Waals surface area contributed by atoms with E-state index in [4.69, 9.17) is 11.6 Å². The topological polar surface area (TPSA) is 82.1 Å². The Balaban J connectivity index is 0.00000256. The first-order valence-corrected chi connectivity index (χ1v) is 5.34. The Morgan fingerprint density at radius 3 is 2.29 bits per heavy atom. The second-order valence-corrected chi connectivity index (χ2v) is 4.13. The Kier molecular flexibility index (Phi) is 5.70. The summed E-state index contributed by atoms with van der Waals surface area (Å²) in [4.78, 5) is 3.09. The molecule has 0 aliphatic carbocycles. The van der Waals surface area contributed by atoms with Crippen LogP contribution in [0.15, 0.2) is 12.3 Å². The van der Waals surface area contributed by atoms with Crippen LogP contribution in [-0.2, 0) is 16.5 Å². The van der Waals surface area contributed by atoms with Gasteiger partial charge in [-0.3, -0.25) is 4.72 Å². The van der Waals surface area contributed by atoms with E-state index in [2.05, 4.69) is 4.98 Å². The van der Waals surface area contributed by atoms with Crippen LogP contribution in [0.3, 0.4) is 0 Å². The molecule has 0 aliphatic heterocycles. The quantitative estimate of drug-likeness (QED) is 0.539. The van der Waals surface area contributed by atoms with Gasteiger partial charge in [0.15, 0.2) is 16.1 Å². The molecule has 11 heteroatoms. The Bertz CT molecular complexity index is 508. The second kappa shape index (κ2) is 5.72. The summed E-state index contributed by atoms with van der Waals surface area (Å²) < 4.78 is 68.5. The molecule has 0 saturated carbocycles. The SMILES string of the molecule is O=S(=O)([O-])Nc1ncc(C(F)(F)F)cc1Cl.[Na+]. The van der Waals surface area contributed by atoms with Crippen LogP contribution in [0.4, 0.5) is 19.0 Å². The van der Waals surface area contributed by atoms with Crippen LogP contribution in [0.5, 0.6) is 0 Å². The first-order chi connectivity index (χ1) is 7.09. The molecule has 0 bridgehead atoms. The number of anilines is 1. The van der Waals surface area contributed by atoms with Crippen molar-refractivity contribution >= 4 is 27.7 Å². The molecule has 0 amide bonds. The molecule has 0 spiro atoms. The number of hydrogen-bond acceptors (Lipinski definition) is 4. The summed E-state index contributed by atoms with van der Waals surface area (Å²) in [5.41, 5.74) is -1.15. The number of nitrogens with one attached hydrogen (secondary N) is 1. The molecule has 1 N–H and O–H groups in total. The number of hydrogen-bond donors (Lipinski definition) is 1. The van der Waals surface area contributed by atoms with E-state index >= 15 is 0 Å². The molecule has 0 saturated heterocycles. The van der Waals surface area contributed by atoms with Gasteiger partial charge >= 0.3 is 35.7 Å². The normalized spacial score (nSPS) is 11.8. The summed E-state index contributed by atoms with van der Waals surface area (Å²) in [6.07, 6.45) is -4.29. The van der Waals surface area contributed by atoms with Gasteiger partial charge in [0.05, 0.1) is 10.6 Å². The van der Waals surface area contributed by atoms with E-state index in [-0.39, 0.29) is 29.6 Å². The second-order valence-electron chi connectivity index (χ2n) is 2.61. The molecule has 1 heterocycles. The van der Waals surface area contributed by atoms with Crippen LogP contribution in [0.1, 0.15) is 5.56 Å². The summed E-state index contributed by atoms with van der Waals surface area (Å²) in [6.45, 7) is 0. The molecular formula is C6H3ClF3N2NaO3S. The third-order valence-electron chi connectivity index (χ3n) is 1.39. The van der Waals surface area contributed by atoms with Crippen molar-refractivity contribution in [1.29, 1.82) is 0 Å². The fraction of sp³-hybridized carbons (Fsp3) is 0.167. The maximum absolute atomic E-state index is 12.1. The van der Waals surface area contributed by atoms with Crippen LogP contribution in [0, 0.1) is 0 Å². The molecule has 1 rings (SSSR count). The fourth-order valence-corrected chi connectivity index (χ4v) is 1.46. The van der Waals surface area contributed by atoms with Crippen molar-refractivity contribution in [3.63, 3.8) is 0 Å². The average molecular weight is 299 g/mol.